The molecule has 0 radical (unpaired) electrons. The number of aromatic nitrogens is 2. The van der Waals surface area contributed by atoms with E-state index >= 15 is 0 Å². The second-order valence-corrected chi connectivity index (χ2v) is 7.89. The molecule has 0 saturated carbocycles. The first kappa shape index (κ1) is 30.0. The zero-order chi connectivity index (χ0) is 27.3. The van der Waals surface area contributed by atoms with Gasteiger partial charge in [-0.1, -0.05) is 0 Å². The zero-order valence-electron chi connectivity index (χ0n) is 19.3. The van der Waals surface area contributed by atoms with Gasteiger partial charge in [-0.2, -0.15) is 0 Å². The quantitative estimate of drug-likeness (QED) is 0.0936. The Morgan fingerprint density at radius 3 is 1.97 bits per heavy atom. The minimum atomic E-state index is -1.70. The predicted molar refractivity (Wildman–Crippen MR) is 121 cm³/mol. The second kappa shape index (κ2) is 15.0. The maximum absolute atomic E-state index is 12.9. The maximum Gasteiger partial charge on any atom is 0.326 e. The molecule has 3 amide bonds. The van der Waals surface area contributed by atoms with Crippen molar-refractivity contribution < 1.29 is 44.1 Å². The average molecular weight is 514 g/mol. The number of carbonyl (C=O) groups is 6. The van der Waals surface area contributed by atoms with Crippen molar-refractivity contribution in [3.05, 3.63) is 18.2 Å². The minimum absolute atomic E-state index is 0.0855. The number of carbonyl (C=O) groups excluding carboxylic acids is 3. The Balaban J connectivity index is 3.05. The van der Waals surface area contributed by atoms with Gasteiger partial charge < -0.3 is 47.7 Å². The van der Waals surface area contributed by atoms with Crippen LogP contribution in [-0.2, 0) is 35.2 Å². The highest BCUT2D eigenvalue weighted by Crippen LogP contribution is 2.06. The fourth-order valence-corrected chi connectivity index (χ4v) is 3.06. The predicted octanol–water partition coefficient (Wildman–Crippen LogP) is -3.10. The summed E-state index contributed by atoms with van der Waals surface area (Å²) < 4.78 is 0. The molecule has 0 bridgehead atoms. The summed E-state index contributed by atoms with van der Waals surface area (Å²) in [7, 11) is 0. The second-order valence-electron chi connectivity index (χ2n) is 7.89. The molecule has 0 fully saturated rings. The molecule has 0 spiro atoms. The van der Waals surface area contributed by atoms with Crippen molar-refractivity contribution in [3.63, 3.8) is 0 Å². The number of imidazole rings is 1. The van der Waals surface area contributed by atoms with Crippen LogP contribution >= 0.6 is 0 Å². The molecule has 4 unspecified atom stereocenters. The smallest absolute Gasteiger partial charge is 0.326 e. The minimum Gasteiger partial charge on any atom is -0.481 e. The number of nitrogens with two attached hydrogens (primary N) is 2. The number of hydrogen-bond donors (Lipinski definition) is 9. The Morgan fingerprint density at radius 1 is 0.861 bits per heavy atom. The van der Waals surface area contributed by atoms with Crippen LogP contribution in [-0.4, -0.2) is 91.6 Å². The first-order chi connectivity index (χ1) is 16.9. The van der Waals surface area contributed by atoms with Crippen LogP contribution in [0.15, 0.2) is 12.5 Å². The van der Waals surface area contributed by atoms with Crippen LogP contribution in [0.2, 0.25) is 0 Å². The van der Waals surface area contributed by atoms with E-state index in [2.05, 4.69) is 25.9 Å². The van der Waals surface area contributed by atoms with E-state index in [1.54, 1.807) is 0 Å². The molecule has 1 heterocycles. The molecule has 1 aromatic heterocycles. The van der Waals surface area contributed by atoms with Gasteiger partial charge in [0.05, 0.1) is 25.2 Å². The fourth-order valence-electron chi connectivity index (χ4n) is 3.06. The van der Waals surface area contributed by atoms with Gasteiger partial charge in [-0.3, -0.25) is 24.0 Å². The standard InChI is InChI=1S/C20H31N7O9/c21-4-2-1-3-12(20(35)36)25-18(33)13(5-10-8-23-9-24-10)27-19(34)14(7-16(30)31)26-17(32)11(22)6-15(28)29/h8-9,11-14H,1-7,21-22H2,(H,23,24)(H,25,33)(H,26,32)(H,27,34)(H,28,29)(H,30,31)(H,35,36). The Hall–Kier alpha value is -4.05. The topological polar surface area (TPSA) is 280 Å². The largest absolute Gasteiger partial charge is 0.481 e. The summed E-state index contributed by atoms with van der Waals surface area (Å²) in [6, 6.07) is -5.91. The molecule has 36 heavy (non-hydrogen) atoms. The van der Waals surface area contributed by atoms with Crippen LogP contribution in [0.4, 0.5) is 0 Å². The van der Waals surface area contributed by atoms with Crippen LogP contribution in [0, 0.1) is 0 Å². The molecular weight excluding hydrogens is 482 g/mol. The van der Waals surface area contributed by atoms with Crippen molar-refractivity contribution in [2.45, 2.75) is 62.7 Å². The molecule has 0 aliphatic carbocycles. The summed E-state index contributed by atoms with van der Waals surface area (Å²) in [6.07, 6.45) is 1.90. The first-order valence-electron chi connectivity index (χ1n) is 10.9. The number of rotatable bonds is 17. The van der Waals surface area contributed by atoms with Gasteiger partial charge in [0.1, 0.15) is 18.1 Å². The van der Waals surface area contributed by atoms with E-state index < -0.39 is 72.6 Å². The van der Waals surface area contributed by atoms with Crippen LogP contribution in [0.3, 0.4) is 0 Å². The SMILES string of the molecule is NCCCCC(NC(=O)C(Cc1cnc[nH]1)NC(=O)C(CC(=O)O)NC(=O)C(N)CC(=O)O)C(=O)O. The summed E-state index contributed by atoms with van der Waals surface area (Å²) in [5.74, 6) is -7.19. The number of nitrogens with zero attached hydrogens (tertiary/aromatic N) is 1. The van der Waals surface area contributed by atoms with E-state index in [9.17, 15) is 33.9 Å². The molecule has 0 aromatic carbocycles. The summed E-state index contributed by atoms with van der Waals surface area (Å²) >= 11 is 0. The lowest BCUT2D eigenvalue weighted by molar-refractivity contribution is -0.143. The van der Waals surface area contributed by atoms with Gasteiger partial charge in [-0.15, -0.1) is 0 Å². The Bertz CT molecular complexity index is 923. The number of aromatic amines is 1. The molecule has 0 aliphatic heterocycles. The van der Waals surface area contributed by atoms with Gasteiger partial charge >= 0.3 is 17.9 Å². The Morgan fingerprint density at radius 2 is 1.44 bits per heavy atom. The van der Waals surface area contributed by atoms with Gasteiger partial charge in [-0.25, -0.2) is 9.78 Å². The molecule has 0 saturated heterocycles. The third kappa shape index (κ3) is 10.9. The van der Waals surface area contributed by atoms with E-state index in [0.717, 1.165) is 0 Å². The highest BCUT2D eigenvalue weighted by molar-refractivity contribution is 5.96. The molecule has 0 aliphatic rings. The van der Waals surface area contributed by atoms with E-state index in [1.807, 2.05) is 0 Å². The number of amides is 3. The van der Waals surface area contributed by atoms with Gasteiger partial charge in [0.2, 0.25) is 17.7 Å². The van der Waals surface area contributed by atoms with E-state index in [-0.39, 0.29) is 12.8 Å². The number of carboxylic acids is 3. The molecule has 4 atom stereocenters. The fraction of sp³-hybridized carbons (Fsp3) is 0.550. The van der Waals surface area contributed by atoms with Crippen molar-refractivity contribution in [1.29, 1.82) is 0 Å². The summed E-state index contributed by atoms with van der Waals surface area (Å²) in [5.41, 5.74) is 11.3. The summed E-state index contributed by atoms with van der Waals surface area (Å²) in [6.45, 7) is 0.339. The monoisotopic (exact) mass is 513 g/mol. The first-order valence-corrected chi connectivity index (χ1v) is 10.9. The third-order valence-corrected chi connectivity index (χ3v) is 4.92. The van der Waals surface area contributed by atoms with Gasteiger partial charge in [-0.05, 0) is 25.8 Å². The molecule has 1 rings (SSSR count). The molecule has 1 aromatic rings. The van der Waals surface area contributed by atoms with Crippen molar-refractivity contribution in [1.82, 2.24) is 25.9 Å². The van der Waals surface area contributed by atoms with Crippen LogP contribution < -0.4 is 27.4 Å². The number of aliphatic carboxylic acids is 3. The summed E-state index contributed by atoms with van der Waals surface area (Å²) in [4.78, 5) is 78.0. The van der Waals surface area contributed by atoms with Crippen LogP contribution in [0.5, 0.6) is 0 Å². The lowest BCUT2D eigenvalue weighted by Gasteiger charge is -2.24. The van der Waals surface area contributed by atoms with E-state index in [0.29, 0.717) is 25.1 Å². The Labute approximate surface area is 205 Å². The number of unbranched alkanes of at least 4 members (excludes halogenated alkanes) is 1. The molecular formula is C20H31N7O9. The maximum atomic E-state index is 12.9. The van der Waals surface area contributed by atoms with Gasteiger partial charge in [0, 0.05) is 18.3 Å². The van der Waals surface area contributed by atoms with Crippen LogP contribution in [0.25, 0.3) is 0 Å². The van der Waals surface area contributed by atoms with Crippen molar-refractivity contribution in [3.8, 4) is 0 Å². The number of carboxylic acid groups (broad SMARTS) is 3. The molecule has 200 valence electrons. The average Bonchev–Trinajstić information content (AvgIpc) is 3.29. The van der Waals surface area contributed by atoms with Crippen molar-refractivity contribution in [2.75, 3.05) is 6.54 Å². The normalized spacial score (nSPS) is 14.1. The number of H-pyrrole nitrogens is 1. The number of nitrogens with one attached hydrogen (secondary N) is 4. The van der Waals surface area contributed by atoms with Crippen LogP contribution in [0.1, 0.15) is 37.8 Å². The van der Waals surface area contributed by atoms with E-state index in [4.69, 9.17) is 21.7 Å². The van der Waals surface area contributed by atoms with Gasteiger partial charge in [0.25, 0.3) is 0 Å². The van der Waals surface area contributed by atoms with E-state index in [1.165, 1.54) is 12.5 Å². The Kier molecular flexibility index (Phi) is 12.5. The highest BCUT2D eigenvalue weighted by Gasteiger charge is 2.32. The molecule has 16 nitrogen and oxygen atoms in total. The van der Waals surface area contributed by atoms with Gasteiger partial charge in [0.15, 0.2) is 0 Å². The molecule has 16 heteroatoms. The van der Waals surface area contributed by atoms with Crippen molar-refractivity contribution in [2.24, 2.45) is 11.5 Å². The zero-order valence-corrected chi connectivity index (χ0v) is 19.3. The number of hydrogen-bond acceptors (Lipinski definition) is 9. The lowest BCUT2D eigenvalue weighted by Crippen LogP contribution is -2.58. The lowest BCUT2D eigenvalue weighted by atomic mass is 10.1. The summed E-state index contributed by atoms with van der Waals surface area (Å²) in [5, 5.41) is 34.1. The molecule has 11 N–H and O–H groups in total. The third-order valence-electron chi connectivity index (χ3n) is 4.92. The van der Waals surface area contributed by atoms with Crippen molar-refractivity contribution >= 4 is 35.6 Å². The highest BCUT2D eigenvalue weighted by atomic mass is 16.4.